The number of hydrogen-bond acceptors (Lipinski definition) is 3. The summed E-state index contributed by atoms with van der Waals surface area (Å²) in [6, 6.07) is 16.1. The van der Waals surface area contributed by atoms with Crippen LogP contribution >= 0.6 is 11.6 Å². The van der Waals surface area contributed by atoms with E-state index in [1.165, 1.54) is 0 Å². The van der Waals surface area contributed by atoms with Crippen LogP contribution in [0, 0.1) is 11.3 Å². The third kappa shape index (κ3) is 2.29. The maximum atomic E-state index is 10.8. The van der Waals surface area contributed by atoms with Gasteiger partial charge in [-0.15, -0.1) is 0 Å². The normalized spacial score (nSPS) is 13.8. The summed E-state index contributed by atoms with van der Waals surface area (Å²) in [6.07, 6.45) is 0. The van der Waals surface area contributed by atoms with Crippen molar-refractivity contribution in [2.45, 2.75) is 12.5 Å². The summed E-state index contributed by atoms with van der Waals surface area (Å²) in [6.45, 7) is 1.63. The van der Waals surface area contributed by atoms with Crippen LogP contribution in [-0.2, 0) is 5.60 Å². The van der Waals surface area contributed by atoms with Gasteiger partial charge in [-0.1, -0.05) is 35.9 Å². The van der Waals surface area contributed by atoms with E-state index >= 15 is 0 Å². The highest BCUT2D eigenvalue weighted by atomic mass is 35.5. The van der Waals surface area contributed by atoms with E-state index < -0.39 is 5.60 Å². The predicted molar refractivity (Wildman–Crippen MR) is 81.1 cm³/mol. The number of nitrogens with zero attached hydrogens (tertiary/aromatic N) is 1. The second-order valence-electron chi connectivity index (χ2n) is 5.03. The summed E-state index contributed by atoms with van der Waals surface area (Å²) in [4.78, 5) is 0. The quantitative estimate of drug-likeness (QED) is 0.770. The molecule has 0 spiro atoms. The van der Waals surface area contributed by atoms with Crippen molar-refractivity contribution in [3.63, 3.8) is 0 Å². The minimum absolute atomic E-state index is 0.390. The number of para-hydroxylation sites is 1. The van der Waals surface area contributed by atoms with Gasteiger partial charge in [0.2, 0.25) is 0 Å². The molecule has 0 aliphatic heterocycles. The Labute approximate surface area is 127 Å². The number of halogens is 1. The van der Waals surface area contributed by atoms with Crippen molar-refractivity contribution in [1.82, 2.24) is 0 Å². The van der Waals surface area contributed by atoms with E-state index in [9.17, 15) is 5.11 Å². The van der Waals surface area contributed by atoms with Gasteiger partial charge in [-0.2, -0.15) is 5.26 Å². The monoisotopic (exact) mass is 297 g/mol. The topological polar surface area (TPSA) is 57.2 Å². The molecule has 3 aromatic rings. The fraction of sp³-hybridized carbons (Fsp3) is 0.118. The molecule has 4 heteroatoms. The Morgan fingerprint density at radius 3 is 2.67 bits per heavy atom. The van der Waals surface area contributed by atoms with Crippen molar-refractivity contribution >= 4 is 22.6 Å². The Hall–Kier alpha value is -2.28. The second kappa shape index (κ2) is 4.92. The maximum absolute atomic E-state index is 10.8. The first-order chi connectivity index (χ1) is 10.0. The number of furan rings is 1. The summed E-state index contributed by atoms with van der Waals surface area (Å²) in [5.41, 5.74) is 0.291. The Morgan fingerprint density at radius 1 is 1.19 bits per heavy atom. The molecule has 0 bridgehead atoms. The molecular weight excluding hydrogens is 286 g/mol. The average molecular weight is 298 g/mol. The van der Waals surface area contributed by atoms with E-state index in [-0.39, 0.29) is 0 Å². The molecule has 0 radical (unpaired) electrons. The van der Waals surface area contributed by atoms with Crippen molar-refractivity contribution in [1.29, 1.82) is 5.26 Å². The molecule has 1 heterocycles. The number of hydrogen-bond donors (Lipinski definition) is 1. The molecule has 1 aromatic heterocycles. The summed E-state index contributed by atoms with van der Waals surface area (Å²) in [5.74, 6) is 0.390. The molecule has 21 heavy (non-hydrogen) atoms. The zero-order chi connectivity index (χ0) is 15.0. The molecule has 0 amide bonds. The summed E-state index contributed by atoms with van der Waals surface area (Å²) >= 11 is 6.10. The Morgan fingerprint density at radius 2 is 1.95 bits per heavy atom. The van der Waals surface area contributed by atoms with Gasteiger partial charge in [0.15, 0.2) is 5.58 Å². The first kappa shape index (κ1) is 13.7. The number of benzene rings is 2. The summed E-state index contributed by atoms with van der Waals surface area (Å²) < 4.78 is 5.73. The molecule has 3 rings (SSSR count). The number of rotatable bonds is 2. The first-order valence-corrected chi connectivity index (χ1v) is 6.82. The highest BCUT2D eigenvalue weighted by Crippen LogP contribution is 2.35. The van der Waals surface area contributed by atoms with Crippen LogP contribution in [0.5, 0.6) is 0 Å². The smallest absolute Gasteiger partial charge is 0.153 e. The summed E-state index contributed by atoms with van der Waals surface area (Å²) in [5, 5.41) is 21.1. The van der Waals surface area contributed by atoms with Gasteiger partial charge in [-0.3, -0.25) is 0 Å². The van der Waals surface area contributed by atoms with Crippen LogP contribution in [0.25, 0.3) is 11.0 Å². The van der Waals surface area contributed by atoms with Crippen LogP contribution in [0.4, 0.5) is 0 Å². The molecular formula is C17H12ClNO2. The fourth-order valence-electron chi connectivity index (χ4n) is 2.30. The lowest BCUT2D eigenvalue weighted by Crippen LogP contribution is -2.22. The van der Waals surface area contributed by atoms with E-state index in [0.717, 1.165) is 5.39 Å². The van der Waals surface area contributed by atoms with E-state index in [4.69, 9.17) is 21.3 Å². The lowest BCUT2D eigenvalue weighted by atomic mass is 9.92. The lowest BCUT2D eigenvalue weighted by molar-refractivity contribution is 0.0786. The first-order valence-electron chi connectivity index (χ1n) is 6.44. The molecule has 3 nitrogen and oxygen atoms in total. The van der Waals surface area contributed by atoms with E-state index in [0.29, 0.717) is 27.5 Å². The van der Waals surface area contributed by atoms with Crippen molar-refractivity contribution in [3.05, 3.63) is 70.4 Å². The molecule has 2 aromatic carbocycles. The zero-order valence-corrected chi connectivity index (χ0v) is 12.1. The SMILES string of the molecule is CC(O)(c1cccc(C#N)c1)c1cc2cccc(Cl)c2o1. The van der Waals surface area contributed by atoms with Gasteiger partial charge in [-0.25, -0.2) is 0 Å². The van der Waals surface area contributed by atoms with Gasteiger partial charge in [-0.05, 0) is 36.8 Å². The van der Waals surface area contributed by atoms with E-state index in [1.54, 1.807) is 43.3 Å². The Kier molecular flexibility index (Phi) is 3.21. The highest BCUT2D eigenvalue weighted by molar-refractivity contribution is 6.34. The Bertz CT molecular complexity index is 859. The van der Waals surface area contributed by atoms with Gasteiger partial charge in [0, 0.05) is 5.39 Å². The number of fused-ring (bicyclic) bond motifs is 1. The number of aliphatic hydroxyl groups is 1. The fourth-order valence-corrected chi connectivity index (χ4v) is 2.52. The van der Waals surface area contributed by atoms with Gasteiger partial charge in [0.05, 0.1) is 16.7 Å². The largest absolute Gasteiger partial charge is 0.456 e. The van der Waals surface area contributed by atoms with Crippen LogP contribution in [-0.4, -0.2) is 5.11 Å². The third-order valence-electron chi connectivity index (χ3n) is 3.53. The minimum Gasteiger partial charge on any atom is -0.456 e. The third-order valence-corrected chi connectivity index (χ3v) is 3.83. The molecule has 0 aliphatic rings. The number of nitriles is 1. The molecule has 1 unspecified atom stereocenters. The van der Waals surface area contributed by atoms with E-state index in [2.05, 4.69) is 6.07 Å². The predicted octanol–water partition coefficient (Wildman–Crippen LogP) is 4.21. The Balaban J connectivity index is 2.15. The van der Waals surface area contributed by atoms with Crippen molar-refractivity contribution < 1.29 is 9.52 Å². The van der Waals surface area contributed by atoms with Crippen LogP contribution < -0.4 is 0 Å². The average Bonchev–Trinajstić information content (AvgIpc) is 2.94. The molecule has 1 N–H and O–H groups in total. The summed E-state index contributed by atoms with van der Waals surface area (Å²) in [7, 11) is 0. The van der Waals surface area contributed by atoms with Gasteiger partial charge in [0.25, 0.3) is 0 Å². The zero-order valence-electron chi connectivity index (χ0n) is 11.3. The second-order valence-corrected chi connectivity index (χ2v) is 5.44. The van der Waals surface area contributed by atoms with Gasteiger partial charge >= 0.3 is 0 Å². The minimum atomic E-state index is -1.34. The van der Waals surface area contributed by atoms with Crippen molar-refractivity contribution in [2.75, 3.05) is 0 Å². The van der Waals surface area contributed by atoms with Crippen LogP contribution in [0.3, 0.4) is 0 Å². The molecule has 0 fully saturated rings. The highest BCUT2D eigenvalue weighted by Gasteiger charge is 2.30. The standard InChI is InChI=1S/C17H12ClNO2/c1-17(20,13-6-2-4-11(8-13)10-19)15-9-12-5-3-7-14(18)16(12)21-15/h2-9,20H,1H3. The molecule has 1 atom stereocenters. The van der Waals surface area contributed by atoms with Gasteiger partial charge in [0.1, 0.15) is 11.4 Å². The van der Waals surface area contributed by atoms with E-state index in [1.807, 2.05) is 12.1 Å². The van der Waals surface area contributed by atoms with Crippen molar-refractivity contribution in [2.24, 2.45) is 0 Å². The lowest BCUT2D eigenvalue weighted by Gasteiger charge is -2.21. The van der Waals surface area contributed by atoms with Crippen LogP contribution in [0.2, 0.25) is 5.02 Å². The molecule has 0 saturated carbocycles. The maximum Gasteiger partial charge on any atom is 0.153 e. The molecule has 0 saturated heterocycles. The molecule has 104 valence electrons. The molecule has 0 aliphatic carbocycles. The van der Waals surface area contributed by atoms with Crippen molar-refractivity contribution in [3.8, 4) is 6.07 Å². The van der Waals surface area contributed by atoms with Crippen LogP contribution in [0.1, 0.15) is 23.8 Å². The van der Waals surface area contributed by atoms with Gasteiger partial charge < -0.3 is 9.52 Å². The van der Waals surface area contributed by atoms with Crippen LogP contribution in [0.15, 0.2) is 52.9 Å².